The average molecular weight is 441 g/mol. The minimum atomic E-state index is -0.136. The first-order valence-electron chi connectivity index (χ1n) is 11.3. The first-order valence-corrected chi connectivity index (χ1v) is 11.3. The zero-order valence-corrected chi connectivity index (χ0v) is 18.2. The van der Waals surface area contributed by atoms with Gasteiger partial charge in [0, 0.05) is 30.9 Å². The maximum atomic E-state index is 13.2. The zero-order valence-electron chi connectivity index (χ0n) is 18.2. The van der Waals surface area contributed by atoms with Gasteiger partial charge in [0.25, 0.3) is 5.56 Å². The molecule has 0 aliphatic carbocycles. The van der Waals surface area contributed by atoms with Crippen molar-refractivity contribution in [3.05, 3.63) is 82.9 Å². The summed E-state index contributed by atoms with van der Waals surface area (Å²) in [5.41, 5.74) is 4.15. The second-order valence-corrected chi connectivity index (χ2v) is 8.43. The highest BCUT2D eigenvalue weighted by atomic mass is 16.5. The molecular formula is C25H24N6O2. The quantitative estimate of drug-likeness (QED) is 0.418. The van der Waals surface area contributed by atoms with E-state index in [0.717, 1.165) is 42.5 Å². The van der Waals surface area contributed by atoms with Gasteiger partial charge in [0.15, 0.2) is 5.69 Å². The maximum absolute atomic E-state index is 13.2. The van der Waals surface area contributed by atoms with Crippen LogP contribution < -0.4 is 5.56 Å². The summed E-state index contributed by atoms with van der Waals surface area (Å²) in [4.78, 5) is 13.2. The Morgan fingerprint density at radius 2 is 1.88 bits per heavy atom. The van der Waals surface area contributed by atoms with Crippen LogP contribution >= 0.6 is 0 Å². The van der Waals surface area contributed by atoms with Gasteiger partial charge >= 0.3 is 0 Å². The number of benzene rings is 2. The van der Waals surface area contributed by atoms with Crippen molar-refractivity contribution in [2.45, 2.75) is 31.8 Å². The summed E-state index contributed by atoms with van der Waals surface area (Å²) in [6.07, 6.45) is 6.33. The number of ether oxygens (including phenoxy) is 1. The number of hydrogen-bond donors (Lipinski definition) is 0. The standard InChI is InChI=1S/C25H24N6O2/c32-25-24-23(28-31(25)20-5-3-16-33-17-20)21-6-1-2-7-22(21)30(27-24)15-12-18-8-10-19(11-9-18)29-14-4-13-26-29/h1-2,4,6-11,13-14,20H,3,5,12,15-17H2. The normalized spacial score (nSPS) is 16.5. The van der Waals surface area contributed by atoms with Crippen LogP contribution in [0.15, 0.2) is 71.8 Å². The van der Waals surface area contributed by atoms with E-state index in [2.05, 4.69) is 29.4 Å². The average Bonchev–Trinajstić information content (AvgIpc) is 3.52. The van der Waals surface area contributed by atoms with Crippen LogP contribution in [0.1, 0.15) is 24.4 Å². The van der Waals surface area contributed by atoms with E-state index in [1.807, 2.05) is 45.9 Å². The molecule has 0 saturated carbocycles. The number of hydrogen-bond acceptors (Lipinski definition) is 5. The molecule has 1 unspecified atom stereocenters. The SMILES string of the molecule is O=c1c2nn(CCc3ccc(-n4cccn4)cc3)c3ccccc3c-2nn1C1CCCOC1. The van der Waals surface area contributed by atoms with Crippen molar-refractivity contribution < 1.29 is 4.74 Å². The Balaban J connectivity index is 1.34. The number of aryl methyl sites for hydroxylation is 2. The molecule has 166 valence electrons. The largest absolute Gasteiger partial charge is 0.379 e. The van der Waals surface area contributed by atoms with E-state index in [1.165, 1.54) is 5.56 Å². The van der Waals surface area contributed by atoms with E-state index >= 15 is 0 Å². The summed E-state index contributed by atoms with van der Waals surface area (Å²) in [5, 5.41) is 14.7. The Morgan fingerprint density at radius 3 is 2.67 bits per heavy atom. The van der Waals surface area contributed by atoms with Gasteiger partial charge in [-0.25, -0.2) is 9.36 Å². The van der Waals surface area contributed by atoms with Gasteiger partial charge in [-0.1, -0.05) is 30.3 Å². The molecule has 2 aromatic carbocycles. The van der Waals surface area contributed by atoms with E-state index in [4.69, 9.17) is 14.9 Å². The second-order valence-electron chi connectivity index (χ2n) is 8.43. The molecule has 3 aliphatic heterocycles. The minimum Gasteiger partial charge on any atom is -0.379 e. The van der Waals surface area contributed by atoms with Crippen molar-refractivity contribution in [3.8, 4) is 17.1 Å². The molecule has 1 saturated heterocycles. The summed E-state index contributed by atoms with van der Waals surface area (Å²) in [7, 11) is 0. The highest BCUT2D eigenvalue weighted by Crippen LogP contribution is 2.27. The van der Waals surface area contributed by atoms with E-state index in [1.54, 1.807) is 10.9 Å². The van der Waals surface area contributed by atoms with Gasteiger partial charge in [0.1, 0.15) is 5.69 Å². The fraction of sp³-hybridized carbons (Fsp3) is 0.280. The molecule has 33 heavy (non-hydrogen) atoms. The van der Waals surface area contributed by atoms with E-state index in [-0.39, 0.29) is 11.6 Å². The van der Waals surface area contributed by atoms with Gasteiger partial charge < -0.3 is 4.74 Å². The smallest absolute Gasteiger partial charge is 0.297 e. The Hall–Kier alpha value is -3.78. The number of rotatable bonds is 5. The monoisotopic (exact) mass is 440 g/mol. The molecule has 4 heterocycles. The van der Waals surface area contributed by atoms with Crippen LogP contribution in [0.25, 0.3) is 28.0 Å². The van der Waals surface area contributed by atoms with Crippen molar-refractivity contribution in [1.29, 1.82) is 0 Å². The Bertz CT molecular complexity index is 1410. The molecule has 3 aromatic rings. The highest BCUT2D eigenvalue weighted by molar-refractivity contribution is 5.91. The molecule has 0 N–H and O–H groups in total. The fourth-order valence-electron chi connectivity index (χ4n) is 4.56. The summed E-state index contributed by atoms with van der Waals surface area (Å²) >= 11 is 0. The first kappa shape index (κ1) is 19.9. The van der Waals surface area contributed by atoms with Crippen molar-refractivity contribution >= 4 is 10.9 Å². The van der Waals surface area contributed by atoms with Crippen LogP contribution in [-0.2, 0) is 17.7 Å². The van der Waals surface area contributed by atoms with Crippen LogP contribution in [0.5, 0.6) is 0 Å². The molecule has 3 aliphatic rings. The molecule has 1 fully saturated rings. The van der Waals surface area contributed by atoms with Gasteiger partial charge in [0.05, 0.1) is 23.9 Å². The van der Waals surface area contributed by atoms with Gasteiger partial charge in [-0.05, 0) is 49.1 Å². The van der Waals surface area contributed by atoms with Gasteiger partial charge in [0.2, 0.25) is 0 Å². The summed E-state index contributed by atoms with van der Waals surface area (Å²) in [6.45, 7) is 1.93. The minimum absolute atomic E-state index is 0.0269. The van der Waals surface area contributed by atoms with Crippen LogP contribution in [0, 0.1) is 0 Å². The summed E-state index contributed by atoms with van der Waals surface area (Å²) in [5.74, 6) is 0. The number of para-hydroxylation sites is 1. The highest BCUT2D eigenvalue weighted by Gasteiger charge is 2.26. The second kappa shape index (κ2) is 8.29. The maximum Gasteiger partial charge on any atom is 0.297 e. The van der Waals surface area contributed by atoms with Crippen LogP contribution in [0.4, 0.5) is 0 Å². The van der Waals surface area contributed by atoms with Gasteiger partial charge in [-0.3, -0.25) is 9.48 Å². The number of nitrogens with zero attached hydrogens (tertiary/aromatic N) is 6. The molecule has 0 bridgehead atoms. The Kier molecular flexibility index (Phi) is 4.99. The lowest BCUT2D eigenvalue weighted by atomic mass is 10.1. The molecule has 1 aromatic heterocycles. The van der Waals surface area contributed by atoms with Crippen LogP contribution in [-0.4, -0.2) is 42.6 Å². The van der Waals surface area contributed by atoms with Gasteiger partial charge in [-0.2, -0.15) is 15.3 Å². The van der Waals surface area contributed by atoms with E-state index in [9.17, 15) is 4.79 Å². The first-order chi connectivity index (χ1) is 16.3. The van der Waals surface area contributed by atoms with Crippen molar-refractivity contribution in [1.82, 2.24) is 29.3 Å². The third kappa shape index (κ3) is 3.62. The van der Waals surface area contributed by atoms with Crippen molar-refractivity contribution in [3.63, 3.8) is 0 Å². The summed E-state index contributed by atoms with van der Waals surface area (Å²) < 4.78 is 10.9. The molecule has 1 atom stereocenters. The van der Waals surface area contributed by atoms with Crippen LogP contribution in [0.3, 0.4) is 0 Å². The molecule has 8 nitrogen and oxygen atoms in total. The third-order valence-electron chi connectivity index (χ3n) is 6.30. The molecule has 0 spiro atoms. The third-order valence-corrected chi connectivity index (χ3v) is 6.30. The number of fused-ring (bicyclic) bond motifs is 3. The lowest BCUT2D eigenvalue weighted by Gasteiger charge is -2.21. The molecule has 0 amide bonds. The van der Waals surface area contributed by atoms with Crippen LogP contribution in [0.2, 0.25) is 0 Å². The molecule has 8 heteroatoms. The zero-order chi connectivity index (χ0) is 22.2. The van der Waals surface area contributed by atoms with E-state index < -0.39 is 0 Å². The fourth-order valence-corrected chi connectivity index (χ4v) is 4.56. The number of aromatic nitrogens is 6. The topological polar surface area (TPSA) is 79.8 Å². The van der Waals surface area contributed by atoms with Crippen molar-refractivity contribution in [2.75, 3.05) is 13.2 Å². The summed E-state index contributed by atoms with van der Waals surface area (Å²) in [6, 6.07) is 18.3. The molecule has 6 rings (SSSR count). The lowest BCUT2D eigenvalue weighted by molar-refractivity contribution is 0.0540. The predicted molar refractivity (Wildman–Crippen MR) is 125 cm³/mol. The Labute approximate surface area is 190 Å². The molecular weight excluding hydrogens is 416 g/mol. The van der Waals surface area contributed by atoms with E-state index in [0.29, 0.717) is 24.5 Å². The predicted octanol–water partition coefficient (Wildman–Crippen LogP) is 3.48. The Morgan fingerprint density at radius 1 is 1.00 bits per heavy atom. The van der Waals surface area contributed by atoms with Crippen molar-refractivity contribution in [2.24, 2.45) is 0 Å². The lowest BCUT2D eigenvalue weighted by Crippen LogP contribution is -2.29. The molecule has 0 radical (unpaired) electrons. The van der Waals surface area contributed by atoms with Gasteiger partial charge in [-0.15, -0.1) is 0 Å².